The fraction of sp³-hybridized carbons (Fsp3) is 0.511. The first-order valence-electron chi connectivity index (χ1n) is 43.8. The van der Waals surface area contributed by atoms with E-state index in [-0.39, 0.29) is 69.5 Å². The average Bonchev–Trinajstić information content (AvgIpc) is 1.62. The molecule has 728 valence electrons. The number of amides is 17. The highest BCUT2D eigenvalue weighted by Gasteiger charge is 2.37. The molecule has 4 aromatic heterocycles. The van der Waals surface area contributed by atoms with E-state index in [1.54, 1.807) is 0 Å². The normalized spacial score (nSPS) is 14.6. The number of aromatic nitrogens is 6. The summed E-state index contributed by atoms with van der Waals surface area (Å²) in [6, 6.07) is -13.0. The molecule has 17 amide bonds. The van der Waals surface area contributed by atoms with Crippen molar-refractivity contribution in [3.8, 4) is 0 Å². The molecular formula is C88H122N22O24. The molecule has 0 aliphatic carbocycles. The number of hydrogen-bond acceptors (Lipinski definition) is 23. The lowest BCUT2D eigenvalue weighted by Gasteiger charge is -2.26. The summed E-state index contributed by atoms with van der Waals surface area (Å²) in [7, 11) is 0. The van der Waals surface area contributed by atoms with Gasteiger partial charge in [-0.15, -0.1) is 0 Å². The van der Waals surface area contributed by atoms with Crippen LogP contribution in [0.5, 0.6) is 0 Å². The number of carbonyl (C=O) groups excluding carboxylic acids is 16. The van der Waals surface area contributed by atoms with Crippen molar-refractivity contribution in [3.63, 3.8) is 0 Å². The Hall–Kier alpha value is -14.8. The number of imide groups is 1. The average molecular weight is 1870 g/mol. The number of rotatable bonds is 50. The summed E-state index contributed by atoms with van der Waals surface area (Å²) in [6.45, 7) is 22.8. The van der Waals surface area contributed by atoms with E-state index in [0.717, 1.165) is 107 Å². The van der Waals surface area contributed by atoms with Crippen molar-refractivity contribution in [2.45, 2.75) is 285 Å². The van der Waals surface area contributed by atoms with Crippen LogP contribution in [0.15, 0.2) is 36.8 Å². The maximum atomic E-state index is 14.3. The molecule has 2 aliphatic heterocycles. The summed E-state index contributed by atoms with van der Waals surface area (Å²) in [5, 5.41) is 73.9. The standard InChI is InChI=1S/C88H122N22O24/c1-16-53-39(3)61-33-62-42(6)56(22-27-71(113)114)68(104-62)36-67-55(41(5)64(105-67)35-66-54(17-2)40(4)63(103-66)34-65(53)102-61)21-26-70(112)91-31-19-18-20-57(106-82(128)50(14)100-88(89)134)86(132)109-60(25-30-74(119)120)85(131)98-45(9)77(123)95-48(12)81(127)110-69(32-52-37-90-38-92-52)87(133)99-49(13)80(126)108-59(24-29-73(117)118)84(130)97-44(8)76(122)94-47(11)79(125)107-58(23-28-72(115)116)83(129)96-43(7)75(121)93-46(10)78(124)101-51(15)111/h33-38,43-50,57-60,69,102,105H,16-32H2,1-15H3,(H,90,92)(H,91,112)(H,93,121)(H,94,122)(H,95,123)(H,96,129)(H,97,130)(H,98,131)(H,99,133)(H,106,128)(H,107,125)(H,108,126)(H,109,132)(H,110,127)(H,113,114)(H,115,116)(H,117,118)(H,119,120)(H3,89,100,134)(H,101,111,124)/t43-,44-,45-,46-,47-,48-,49-,50-,57-,58-,59-,60-,69-/m0/s1. The molecule has 0 unspecified atom stereocenters. The van der Waals surface area contributed by atoms with Crippen LogP contribution in [0, 0.1) is 13.8 Å². The third-order valence-electron chi connectivity index (χ3n) is 22.3. The minimum absolute atomic E-state index is 0.00500. The third kappa shape index (κ3) is 32.3. The van der Waals surface area contributed by atoms with E-state index in [2.05, 4.69) is 114 Å². The van der Waals surface area contributed by atoms with Gasteiger partial charge in [0.25, 0.3) is 0 Å². The number of aromatic amines is 3. The molecule has 0 fully saturated rings. The van der Waals surface area contributed by atoms with Gasteiger partial charge in [0.2, 0.25) is 88.6 Å². The maximum absolute atomic E-state index is 14.3. The number of aliphatic carboxylic acids is 4. The van der Waals surface area contributed by atoms with Gasteiger partial charge in [-0.25, -0.2) is 19.7 Å². The van der Waals surface area contributed by atoms with Gasteiger partial charge in [0.05, 0.1) is 34.8 Å². The Morgan fingerprint density at radius 3 is 1.13 bits per heavy atom. The van der Waals surface area contributed by atoms with E-state index in [4.69, 9.17) is 15.7 Å². The lowest BCUT2D eigenvalue weighted by molar-refractivity contribution is -0.139. The quantitative estimate of drug-likeness (QED) is 0.0260. The molecule has 0 aromatic carbocycles. The van der Waals surface area contributed by atoms with E-state index >= 15 is 0 Å². The highest BCUT2D eigenvalue weighted by atomic mass is 16.4. The Kier molecular flexibility index (Phi) is 40.7. The second kappa shape index (κ2) is 50.6. The highest BCUT2D eigenvalue weighted by molar-refractivity contribution is 6.03. The zero-order valence-corrected chi connectivity index (χ0v) is 77.4. The maximum Gasteiger partial charge on any atom is 0.312 e. The van der Waals surface area contributed by atoms with Crippen LogP contribution < -0.4 is 85.5 Å². The molecule has 6 rings (SSSR count). The molecule has 0 spiro atoms. The molecule has 24 N–H and O–H groups in total. The van der Waals surface area contributed by atoms with Crippen LogP contribution in [-0.4, -0.2) is 254 Å². The van der Waals surface area contributed by atoms with E-state index < -0.39 is 230 Å². The molecule has 46 heteroatoms. The molecule has 8 bridgehead atoms. The number of primary amides is 1. The number of carboxylic acids is 4. The van der Waals surface area contributed by atoms with Crippen molar-refractivity contribution in [2.75, 3.05) is 6.54 Å². The summed E-state index contributed by atoms with van der Waals surface area (Å²) in [4.78, 5) is 285. The van der Waals surface area contributed by atoms with Gasteiger partial charge in [-0.05, 0) is 216 Å². The Morgan fingerprint density at radius 1 is 0.373 bits per heavy atom. The Balaban J connectivity index is 1.08. The Bertz CT molecular complexity index is 5380. The number of imidazole rings is 1. The second-order valence-corrected chi connectivity index (χ2v) is 32.9. The number of nitrogens with zero attached hydrogens (tertiary/aromatic N) is 3. The van der Waals surface area contributed by atoms with Gasteiger partial charge < -0.3 is 116 Å². The van der Waals surface area contributed by atoms with Crippen molar-refractivity contribution >= 4 is 163 Å². The first kappa shape index (κ1) is 108. The number of nitrogens with two attached hydrogens (primary N) is 1. The largest absolute Gasteiger partial charge is 0.481 e. The number of carboxylic acid groups (broad SMARTS) is 4. The molecule has 4 aromatic rings. The molecule has 0 saturated heterocycles. The summed E-state index contributed by atoms with van der Waals surface area (Å²) in [5.41, 5.74) is 18.9. The van der Waals surface area contributed by atoms with Gasteiger partial charge in [0, 0.05) is 80.3 Å². The van der Waals surface area contributed by atoms with Crippen LogP contribution in [0.1, 0.15) is 224 Å². The zero-order chi connectivity index (χ0) is 100.0. The number of carbonyl (C=O) groups is 20. The molecule has 13 atom stereocenters. The monoisotopic (exact) mass is 1870 g/mol. The topological polar surface area (TPSA) is 715 Å². The van der Waals surface area contributed by atoms with Gasteiger partial charge in [-0.3, -0.25) is 96.4 Å². The van der Waals surface area contributed by atoms with Crippen LogP contribution in [0.2, 0.25) is 0 Å². The highest BCUT2D eigenvalue weighted by Crippen LogP contribution is 2.37. The van der Waals surface area contributed by atoms with Crippen molar-refractivity contribution in [1.82, 2.24) is 110 Å². The fourth-order valence-corrected chi connectivity index (χ4v) is 14.5. The molecule has 0 saturated carbocycles. The predicted octanol–water partition coefficient (Wildman–Crippen LogP) is 0.0859. The molecule has 134 heavy (non-hydrogen) atoms. The molecule has 2 aliphatic rings. The summed E-state index contributed by atoms with van der Waals surface area (Å²) in [6.07, 6.45) is 0.359. The first-order valence-corrected chi connectivity index (χ1v) is 43.8. The number of unbranched alkanes of at least 4 members (excludes halogenated alkanes) is 1. The molecule has 0 radical (unpaired) electrons. The van der Waals surface area contributed by atoms with Gasteiger partial charge in [0.1, 0.15) is 78.5 Å². The van der Waals surface area contributed by atoms with Crippen molar-refractivity contribution in [2.24, 2.45) is 5.73 Å². The summed E-state index contributed by atoms with van der Waals surface area (Å²) in [5.74, 6) is -19.5. The number of H-pyrrole nitrogens is 3. The van der Waals surface area contributed by atoms with Gasteiger partial charge in [-0.2, -0.15) is 0 Å². The predicted molar refractivity (Wildman–Crippen MR) is 484 cm³/mol. The minimum atomic E-state index is -1.73. The lowest BCUT2D eigenvalue weighted by Crippen LogP contribution is -2.60. The van der Waals surface area contributed by atoms with Crippen LogP contribution >= 0.6 is 0 Å². The third-order valence-corrected chi connectivity index (χ3v) is 22.3. The summed E-state index contributed by atoms with van der Waals surface area (Å²) >= 11 is 0. The van der Waals surface area contributed by atoms with Crippen molar-refractivity contribution in [1.29, 1.82) is 0 Å². The number of nitrogens with one attached hydrogen (secondary N) is 18. The summed E-state index contributed by atoms with van der Waals surface area (Å²) < 4.78 is 0. The van der Waals surface area contributed by atoms with Crippen LogP contribution in [-0.2, 0) is 110 Å². The lowest BCUT2D eigenvalue weighted by atomic mass is 10.00. The van der Waals surface area contributed by atoms with E-state index in [0.29, 0.717) is 23.3 Å². The van der Waals surface area contributed by atoms with E-state index in [1.165, 1.54) is 47.1 Å². The van der Waals surface area contributed by atoms with Crippen LogP contribution in [0.4, 0.5) is 4.79 Å². The van der Waals surface area contributed by atoms with Crippen molar-refractivity contribution in [3.05, 3.63) is 87.5 Å². The van der Waals surface area contributed by atoms with Gasteiger partial charge >= 0.3 is 29.9 Å². The van der Waals surface area contributed by atoms with E-state index in [9.17, 15) is 116 Å². The first-order chi connectivity index (χ1) is 63.0. The van der Waals surface area contributed by atoms with Crippen molar-refractivity contribution < 1.29 is 116 Å². The van der Waals surface area contributed by atoms with Crippen LogP contribution in [0.3, 0.4) is 0 Å². The number of fused-ring (bicyclic) bond motifs is 8. The van der Waals surface area contributed by atoms with Gasteiger partial charge in [0.15, 0.2) is 0 Å². The number of aryl methyl sites for hydroxylation is 4. The fourth-order valence-electron chi connectivity index (χ4n) is 14.5. The van der Waals surface area contributed by atoms with Crippen LogP contribution in [0.25, 0.3) is 44.4 Å². The Morgan fingerprint density at radius 2 is 0.716 bits per heavy atom. The molecule has 6 heterocycles. The van der Waals surface area contributed by atoms with Gasteiger partial charge in [-0.1, -0.05) is 13.8 Å². The Labute approximate surface area is 770 Å². The number of hydrogen-bond donors (Lipinski definition) is 23. The number of urea groups is 1. The second-order valence-electron chi connectivity index (χ2n) is 32.9. The minimum Gasteiger partial charge on any atom is -0.481 e. The molecular weight excluding hydrogens is 1750 g/mol. The SMILES string of the molecule is CCC1=C(C)c2cc3[nH]c(cc4nc(cc5[nH]c(cc1n2)c(C)c5CCC(=O)NCCCC[C@H](NC(=O)[C@H](C)NC(N)=O)C(=O)N[C@@H](CCC(=O)O)C(=O)N[C@@H](C)C(=O)N[C@@H](C)C(=O)N[C@@H](Cc1c[nH]cn1)C(=O)N[C@@H](C)C(=O)N[C@@H](CCC(=O)O)C(=O)N[C@@H](C)C(=O)N[C@@H](C)C(=O)N[C@@H](CCC(=O)O)C(=O)N[C@@H](C)C(=O)N[C@@H](C)C(=O)NC(C)=O)C(CCC(=O)O)=C4C)c(C)c3CC. The zero-order valence-electron chi connectivity index (χ0n) is 77.4. The molecule has 46 nitrogen and oxygen atoms in total. The smallest absolute Gasteiger partial charge is 0.312 e. The number of allylic oxidation sites excluding steroid dienone is 4. The van der Waals surface area contributed by atoms with E-state index in [1.807, 2.05) is 51.2 Å².